The molecule has 2 unspecified atom stereocenters. The molecule has 4 aliphatic heterocycles. The van der Waals surface area contributed by atoms with E-state index < -0.39 is 11.6 Å². The molecule has 0 aromatic carbocycles. The Morgan fingerprint density at radius 3 is 2.62 bits per heavy atom. The molecule has 5 rings (SSSR count). The number of aromatic amines is 1. The van der Waals surface area contributed by atoms with Crippen LogP contribution in [0.3, 0.4) is 0 Å². The van der Waals surface area contributed by atoms with Crippen LogP contribution in [0.25, 0.3) is 12.2 Å². The summed E-state index contributed by atoms with van der Waals surface area (Å²) in [6, 6.07) is 3.81. The van der Waals surface area contributed by atoms with Crippen LogP contribution in [0.4, 0.5) is 8.78 Å². The van der Waals surface area contributed by atoms with Crippen molar-refractivity contribution in [1.29, 1.82) is 0 Å². The molecule has 130 valence electrons. The fourth-order valence-electron chi connectivity index (χ4n) is 3.55. The maximum atomic E-state index is 15.1. The molecule has 6 heteroatoms. The van der Waals surface area contributed by atoms with Gasteiger partial charge in [-0.25, -0.2) is 18.8 Å². The summed E-state index contributed by atoms with van der Waals surface area (Å²) in [5.74, 6) is -3.93. The molecule has 1 aromatic heterocycles. The Labute approximate surface area is 148 Å². The normalized spacial score (nSPS) is 31.5. The molecule has 26 heavy (non-hydrogen) atoms. The van der Waals surface area contributed by atoms with E-state index in [2.05, 4.69) is 20.3 Å². The summed E-state index contributed by atoms with van der Waals surface area (Å²) in [6.45, 7) is 0. The lowest BCUT2D eigenvalue weighted by Crippen LogP contribution is -2.41. The summed E-state index contributed by atoms with van der Waals surface area (Å²) in [7, 11) is 0. The fourth-order valence-corrected chi connectivity index (χ4v) is 3.55. The highest BCUT2D eigenvalue weighted by atomic mass is 19.2. The zero-order valence-electron chi connectivity index (χ0n) is 13.8. The molecule has 2 N–H and O–H groups in total. The van der Waals surface area contributed by atoms with E-state index in [0.717, 1.165) is 22.1 Å². The number of hydrogen-bond donors (Lipinski definition) is 2. The number of nitrogens with zero attached hydrogens (tertiary/aromatic N) is 2. The Morgan fingerprint density at radius 2 is 1.77 bits per heavy atom. The number of alkyl halides is 2. The second kappa shape index (κ2) is 5.24. The van der Waals surface area contributed by atoms with Gasteiger partial charge in [0.1, 0.15) is 0 Å². The lowest BCUT2D eigenvalue weighted by Gasteiger charge is -2.26. The monoisotopic (exact) mass is 350 g/mol. The average Bonchev–Trinajstić information content (AvgIpc) is 3.32. The Bertz CT molecular complexity index is 1100. The van der Waals surface area contributed by atoms with E-state index in [9.17, 15) is 0 Å². The molecular weight excluding hydrogens is 334 g/mol. The van der Waals surface area contributed by atoms with Gasteiger partial charge in [-0.2, -0.15) is 0 Å². The van der Waals surface area contributed by atoms with E-state index in [1.165, 1.54) is 6.08 Å². The number of rotatable bonds is 0. The first-order valence-electron chi connectivity index (χ1n) is 8.49. The Balaban J connectivity index is 1.64. The van der Waals surface area contributed by atoms with Crippen LogP contribution in [0.2, 0.25) is 0 Å². The van der Waals surface area contributed by atoms with Crippen molar-refractivity contribution in [3.8, 4) is 0 Å². The lowest BCUT2D eigenvalue weighted by molar-refractivity contribution is 0.0664. The summed E-state index contributed by atoms with van der Waals surface area (Å²) in [4.78, 5) is 11.8. The SMILES string of the molecule is FC12C=CC(=N1)C=c1ccc([nH]1)=CC1=NC(=CC3=CCC(F)(C2)N3)C=C1. The van der Waals surface area contributed by atoms with Gasteiger partial charge in [0.05, 0.1) is 23.5 Å². The van der Waals surface area contributed by atoms with Gasteiger partial charge in [0.25, 0.3) is 0 Å². The third-order valence-corrected chi connectivity index (χ3v) is 4.69. The first-order chi connectivity index (χ1) is 12.5. The summed E-state index contributed by atoms with van der Waals surface area (Å²) in [5.41, 5.74) is 2.61. The first-order valence-corrected chi connectivity index (χ1v) is 8.49. The average molecular weight is 350 g/mol. The van der Waals surface area contributed by atoms with Gasteiger partial charge < -0.3 is 10.3 Å². The minimum atomic E-state index is -2.05. The first kappa shape index (κ1) is 15.3. The molecule has 0 radical (unpaired) electrons. The van der Waals surface area contributed by atoms with E-state index in [4.69, 9.17) is 0 Å². The number of hydrogen-bond acceptors (Lipinski definition) is 3. The van der Waals surface area contributed by atoms with Crippen molar-refractivity contribution in [3.05, 3.63) is 70.7 Å². The molecule has 0 amide bonds. The van der Waals surface area contributed by atoms with Crippen molar-refractivity contribution in [1.82, 2.24) is 10.3 Å². The van der Waals surface area contributed by atoms with Gasteiger partial charge in [-0.15, -0.1) is 0 Å². The molecule has 4 nitrogen and oxygen atoms in total. The predicted octanol–water partition coefficient (Wildman–Crippen LogP) is 2.09. The molecule has 8 bridgehead atoms. The van der Waals surface area contributed by atoms with Crippen molar-refractivity contribution >= 4 is 23.6 Å². The number of aromatic nitrogens is 1. The highest BCUT2D eigenvalue weighted by Crippen LogP contribution is 2.37. The molecule has 2 atom stereocenters. The van der Waals surface area contributed by atoms with Crippen LogP contribution in [0.5, 0.6) is 0 Å². The number of fused-ring (bicyclic) bond motifs is 6. The Morgan fingerprint density at radius 1 is 0.962 bits per heavy atom. The molecule has 0 aliphatic carbocycles. The molecule has 0 spiro atoms. The highest BCUT2D eigenvalue weighted by molar-refractivity contribution is 6.19. The number of aliphatic imine (C=N–C) groups is 2. The van der Waals surface area contributed by atoms with Gasteiger partial charge >= 0.3 is 0 Å². The summed E-state index contributed by atoms with van der Waals surface area (Å²) >= 11 is 0. The van der Waals surface area contributed by atoms with Gasteiger partial charge in [-0.3, -0.25) is 0 Å². The van der Waals surface area contributed by atoms with Crippen LogP contribution in [0.15, 0.2) is 70.0 Å². The summed E-state index contributed by atoms with van der Waals surface area (Å²) < 4.78 is 30.2. The van der Waals surface area contributed by atoms with E-state index in [1.54, 1.807) is 24.3 Å². The topological polar surface area (TPSA) is 52.5 Å². The van der Waals surface area contributed by atoms with Gasteiger partial charge in [-0.1, -0.05) is 6.08 Å². The van der Waals surface area contributed by atoms with Crippen LogP contribution in [-0.2, 0) is 0 Å². The number of H-pyrrole nitrogens is 1. The third kappa shape index (κ3) is 2.77. The van der Waals surface area contributed by atoms with Crippen LogP contribution < -0.4 is 16.0 Å². The van der Waals surface area contributed by atoms with E-state index in [0.29, 0.717) is 11.4 Å². The van der Waals surface area contributed by atoms with Gasteiger partial charge in [0.2, 0.25) is 5.79 Å². The Kier molecular flexibility index (Phi) is 3.07. The van der Waals surface area contributed by atoms with E-state index in [-0.39, 0.29) is 12.8 Å². The minimum Gasteiger partial charge on any atom is -0.355 e. The van der Waals surface area contributed by atoms with E-state index in [1.807, 2.05) is 30.4 Å². The van der Waals surface area contributed by atoms with Crippen molar-refractivity contribution in [3.63, 3.8) is 0 Å². The predicted molar refractivity (Wildman–Crippen MR) is 98.3 cm³/mol. The smallest absolute Gasteiger partial charge is 0.224 e. The minimum absolute atomic E-state index is 0.0895. The van der Waals surface area contributed by atoms with E-state index >= 15 is 8.78 Å². The van der Waals surface area contributed by atoms with Crippen molar-refractivity contribution in [2.75, 3.05) is 0 Å². The van der Waals surface area contributed by atoms with Crippen LogP contribution in [-0.4, -0.2) is 28.0 Å². The van der Waals surface area contributed by atoms with Crippen LogP contribution in [0, 0.1) is 0 Å². The van der Waals surface area contributed by atoms with Gasteiger partial charge in [0, 0.05) is 22.8 Å². The quantitative estimate of drug-likeness (QED) is 0.692. The fraction of sp³-hybridized carbons (Fsp3) is 0.200. The lowest BCUT2D eigenvalue weighted by atomic mass is 10.0. The molecular formula is C20H16F2N4. The van der Waals surface area contributed by atoms with Gasteiger partial charge in [0.15, 0.2) is 5.79 Å². The zero-order valence-corrected chi connectivity index (χ0v) is 13.8. The molecule has 5 heterocycles. The number of allylic oxidation sites excluding steroid dienone is 4. The highest BCUT2D eigenvalue weighted by Gasteiger charge is 2.44. The maximum Gasteiger partial charge on any atom is 0.224 e. The largest absolute Gasteiger partial charge is 0.355 e. The van der Waals surface area contributed by atoms with Crippen molar-refractivity contribution in [2.45, 2.75) is 24.4 Å². The van der Waals surface area contributed by atoms with Crippen molar-refractivity contribution in [2.24, 2.45) is 9.98 Å². The number of nitrogens with one attached hydrogen (secondary N) is 2. The van der Waals surface area contributed by atoms with Crippen LogP contribution in [0.1, 0.15) is 12.8 Å². The van der Waals surface area contributed by atoms with Gasteiger partial charge in [-0.05, 0) is 54.7 Å². The summed E-state index contributed by atoms with van der Waals surface area (Å²) in [6.07, 6.45) is 13.5. The Hall–Kier alpha value is -3.02. The molecule has 0 saturated heterocycles. The zero-order chi connectivity index (χ0) is 17.8. The number of halogens is 2. The standard InChI is InChI=1S/C20H16F2N4/c21-19-7-5-17(25-19)10-15-3-1-13(23-15)9-14-2-4-16(24-14)11-18-6-8-20(22,12-19)26-18/h1-7,9-11,23,26H,8,12H2. The molecule has 4 aliphatic rings. The van der Waals surface area contributed by atoms with Crippen LogP contribution >= 0.6 is 0 Å². The summed E-state index contributed by atoms with van der Waals surface area (Å²) in [5, 5.41) is 4.48. The molecule has 0 saturated carbocycles. The molecule has 1 aromatic rings. The third-order valence-electron chi connectivity index (χ3n) is 4.69. The maximum absolute atomic E-state index is 15.1. The van der Waals surface area contributed by atoms with Crippen molar-refractivity contribution < 1.29 is 8.78 Å². The second-order valence-electron chi connectivity index (χ2n) is 6.92. The second-order valence-corrected chi connectivity index (χ2v) is 6.92. The molecule has 0 fully saturated rings.